The summed E-state index contributed by atoms with van der Waals surface area (Å²) in [4.78, 5) is 35.7. The molecule has 1 aromatic rings. The monoisotopic (exact) mass is 999 g/mol. The number of allylic oxidation sites excluding steroid dienone is 2. The number of rotatable bonds is 15. The van der Waals surface area contributed by atoms with E-state index < -0.39 is 124 Å². The van der Waals surface area contributed by atoms with Gasteiger partial charge in [0.05, 0.1) is 49.7 Å². The molecule has 400 valence electrons. The number of amides is 1. The summed E-state index contributed by atoms with van der Waals surface area (Å²) in [5, 5.41) is 105. The van der Waals surface area contributed by atoms with Gasteiger partial charge in [-0.2, -0.15) is 0 Å². The number of H-pyrrole nitrogens is 1. The highest BCUT2D eigenvalue weighted by Crippen LogP contribution is 2.79. The molecule has 2 aliphatic heterocycles. The standard InChI is InChI=1S/C54H86N4O13/c1-49(25-60)16-17-54(48(68)69)20-29(18-28-8-6-7-9-28)53(5)33(35(54)21-49)11-12-39-51(53,3)15-14-38-50(2,26-61)45(71-47-44(66)43(65)37(62)24-70-47)42(64)34(52(38,39)4)19-31-32(23-59)46(67)58-41(31)30(10-13-40(55)63)36-22-56-27-57-36/h11,22,27-32,34-35,37-45,47,59-66H,6-10,12-21,23-26,55H2,1-5H3,(H,56,57)(H,58,67)(H,68,69). The van der Waals surface area contributed by atoms with Gasteiger partial charge in [-0.3, -0.25) is 9.59 Å². The van der Waals surface area contributed by atoms with Gasteiger partial charge in [-0.05, 0) is 134 Å². The molecule has 1 aromatic heterocycles. The number of ether oxygens (including phenoxy) is 2. The van der Waals surface area contributed by atoms with Crippen molar-refractivity contribution in [3.8, 4) is 0 Å². The zero-order valence-electron chi connectivity index (χ0n) is 42.7. The summed E-state index contributed by atoms with van der Waals surface area (Å²) in [7, 11) is 0. The fourth-order valence-electron chi connectivity index (χ4n) is 18.2. The Kier molecular flexibility index (Phi) is 14.7. The average Bonchev–Trinajstić information content (AvgIpc) is 4.13. The molecule has 71 heavy (non-hydrogen) atoms. The van der Waals surface area contributed by atoms with Crippen molar-refractivity contribution < 1.29 is 65.0 Å². The summed E-state index contributed by atoms with van der Waals surface area (Å²) >= 11 is 0. The number of carboxylic acids is 1. The molecule has 0 aromatic carbocycles. The number of fused-ring (bicyclic) bond motifs is 7. The Morgan fingerprint density at radius 2 is 1.66 bits per heavy atom. The first-order chi connectivity index (χ1) is 33.6. The van der Waals surface area contributed by atoms with Crippen molar-refractivity contribution in [2.24, 2.45) is 85.6 Å². The van der Waals surface area contributed by atoms with Gasteiger partial charge in [-0.15, -0.1) is 0 Å². The number of nitrogens with two attached hydrogens (primary N) is 1. The Hall–Kier alpha value is -2.55. The number of aliphatic carboxylic acids is 1. The molecule has 0 bridgehead atoms. The second-order valence-electron chi connectivity index (χ2n) is 25.5. The molecule has 22 unspecified atom stereocenters. The minimum Gasteiger partial charge on any atom is -0.481 e. The maximum absolute atomic E-state index is 14.2. The van der Waals surface area contributed by atoms with Crippen molar-refractivity contribution in [1.29, 1.82) is 0 Å². The highest BCUT2D eigenvalue weighted by molar-refractivity contribution is 5.82. The SMILES string of the molecule is CC1(CO)CCC2(C(=O)O)CC(CC3CCCC3)C3(C)C(=CCC4C5(C)C(CC6C(CO)C(=O)NC6C(CCC(N)O)c6cnc[nH]6)C(O)C(OC6OCC(O)C(O)C6O)C(C)(CO)C5CCC43C)C2C1. The lowest BCUT2D eigenvalue weighted by Gasteiger charge is -2.75. The number of aromatic amines is 1. The van der Waals surface area contributed by atoms with Gasteiger partial charge in [0.2, 0.25) is 5.91 Å². The van der Waals surface area contributed by atoms with Crippen molar-refractivity contribution in [1.82, 2.24) is 15.3 Å². The van der Waals surface area contributed by atoms with Crippen LogP contribution in [0.25, 0.3) is 0 Å². The highest BCUT2D eigenvalue weighted by atomic mass is 16.7. The van der Waals surface area contributed by atoms with E-state index >= 15 is 0 Å². The summed E-state index contributed by atoms with van der Waals surface area (Å²) in [6, 6.07) is -0.588. The number of aromatic nitrogens is 2. The van der Waals surface area contributed by atoms with Gasteiger partial charge in [-0.1, -0.05) is 72.0 Å². The molecule has 9 rings (SSSR count). The van der Waals surface area contributed by atoms with Crippen LogP contribution in [0.3, 0.4) is 0 Å². The molecule has 13 N–H and O–H groups in total. The van der Waals surface area contributed by atoms with Crippen molar-refractivity contribution in [3.63, 3.8) is 0 Å². The molecular formula is C54H86N4O13. The molecule has 8 aliphatic rings. The maximum atomic E-state index is 14.2. The summed E-state index contributed by atoms with van der Waals surface area (Å²) in [6.45, 7) is 9.86. The largest absolute Gasteiger partial charge is 0.481 e. The zero-order chi connectivity index (χ0) is 51.2. The number of carbonyl (C=O) groups excluding carboxylic acids is 1. The molecule has 7 fully saturated rings. The number of hydrogen-bond acceptors (Lipinski definition) is 14. The van der Waals surface area contributed by atoms with Crippen molar-refractivity contribution >= 4 is 11.9 Å². The molecule has 22 atom stereocenters. The van der Waals surface area contributed by atoms with Gasteiger partial charge in [-0.25, -0.2) is 4.98 Å². The van der Waals surface area contributed by atoms with Gasteiger partial charge in [0.25, 0.3) is 0 Å². The second-order valence-corrected chi connectivity index (χ2v) is 25.5. The van der Waals surface area contributed by atoms with E-state index in [-0.39, 0.29) is 55.6 Å². The van der Waals surface area contributed by atoms with Crippen molar-refractivity contribution in [3.05, 3.63) is 29.9 Å². The van der Waals surface area contributed by atoms with Crippen LogP contribution in [0.1, 0.15) is 143 Å². The van der Waals surface area contributed by atoms with Crippen LogP contribution in [0.4, 0.5) is 0 Å². The maximum Gasteiger partial charge on any atom is 0.310 e. The van der Waals surface area contributed by atoms with E-state index in [9.17, 15) is 55.5 Å². The van der Waals surface area contributed by atoms with Crippen LogP contribution in [0.15, 0.2) is 24.2 Å². The van der Waals surface area contributed by atoms with Crippen LogP contribution in [0, 0.1) is 79.8 Å². The Morgan fingerprint density at radius 3 is 2.30 bits per heavy atom. The molecule has 3 heterocycles. The third-order valence-electron chi connectivity index (χ3n) is 22.3. The van der Waals surface area contributed by atoms with E-state index in [1.807, 2.05) is 6.92 Å². The predicted octanol–water partition coefficient (Wildman–Crippen LogP) is 3.32. The number of aliphatic hydroxyl groups excluding tert-OH is 8. The molecule has 6 aliphatic carbocycles. The Balaban J connectivity index is 1.20. The number of nitrogens with zero attached hydrogens (tertiary/aromatic N) is 1. The summed E-state index contributed by atoms with van der Waals surface area (Å²) in [5.41, 5.74) is 3.52. The van der Waals surface area contributed by atoms with E-state index in [0.29, 0.717) is 50.9 Å². The first kappa shape index (κ1) is 53.3. The Morgan fingerprint density at radius 1 is 0.930 bits per heavy atom. The van der Waals surface area contributed by atoms with Crippen LogP contribution in [0.2, 0.25) is 0 Å². The second kappa shape index (κ2) is 19.5. The summed E-state index contributed by atoms with van der Waals surface area (Å²) in [5.74, 6) is -3.87. The number of carboxylic acid groups (broad SMARTS) is 1. The van der Waals surface area contributed by atoms with Crippen LogP contribution in [0.5, 0.6) is 0 Å². The minimum atomic E-state index is -1.67. The first-order valence-electron chi connectivity index (χ1n) is 27.1. The molecule has 17 nitrogen and oxygen atoms in total. The van der Waals surface area contributed by atoms with E-state index in [4.69, 9.17) is 15.2 Å². The molecule has 0 spiro atoms. The van der Waals surface area contributed by atoms with Crippen LogP contribution >= 0.6 is 0 Å². The molecule has 17 heteroatoms. The molecule has 5 saturated carbocycles. The van der Waals surface area contributed by atoms with Gasteiger partial charge in [0.1, 0.15) is 24.5 Å². The van der Waals surface area contributed by atoms with Crippen molar-refractivity contribution in [2.75, 3.05) is 26.4 Å². The van der Waals surface area contributed by atoms with Gasteiger partial charge in [0, 0.05) is 35.9 Å². The highest BCUT2D eigenvalue weighted by Gasteiger charge is 2.75. The Labute approximate surface area is 418 Å². The quantitative estimate of drug-likeness (QED) is 0.0682. The van der Waals surface area contributed by atoms with Crippen LogP contribution in [-0.4, -0.2) is 143 Å². The number of carbonyl (C=O) groups is 2. The van der Waals surface area contributed by atoms with E-state index in [0.717, 1.165) is 44.2 Å². The number of imidazole rings is 1. The molecule has 0 radical (unpaired) electrons. The lowest BCUT2D eigenvalue weighted by Crippen LogP contribution is -2.73. The topological polar surface area (TPSA) is 301 Å². The molecular weight excluding hydrogens is 913 g/mol. The average molecular weight is 999 g/mol. The van der Waals surface area contributed by atoms with Crippen molar-refractivity contribution in [2.45, 2.75) is 186 Å². The normalized spacial score (nSPS) is 48.6. The lowest BCUT2D eigenvalue weighted by atomic mass is 9.30. The molecule has 1 amide bonds. The fraction of sp³-hybridized carbons (Fsp3) is 0.870. The number of hydrogen-bond donors (Lipinski definition) is 12. The third kappa shape index (κ3) is 8.31. The van der Waals surface area contributed by atoms with E-state index in [1.54, 1.807) is 12.5 Å². The van der Waals surface area contributed by atoms with Gasteiger partial charge in [0.15, 0.2) is 6.29 Å². The van der Waals surface area contributed by atoms with Crippen LogP contribution < -0.4 is 11.1 Å². The fourth-order valence-corrected chi connectivity index (χ4v) is 18.2. The summed E-state index contributed by atoms with van der Waals surface area (Å²) < 4.78 is 12.5. The number of nitrogens with one attached hydrogen (secondary N) is 2. The Bertz CT molecular complexity index is 2110. The van der Waals surface area contributed by atoms with E-state index in [2.05, 4.69) is 49.1 Å². The van der Waals surface area contributed by atoms with E-state index in [1.165, 1.54) is 5.57 Å². The molecule has 2 saturated heterocycles. The first-order valence-corrected chi connectivity index (χ1v) is 27.1. The van der Waals surface area contributed by atoms with Gasteiger partial charge >= 0.3 is 5.97 Å². The summed E-state index contributed by atoms with van der Waals surface area (Å²) in [6.07, 6.45) is 6.30. The van der Waals surface area contributed by atoms with Gasteiger partial charge < -0.3 is 71.5 Å². The minimum absolute atomic E-state index is 0.0260. The predicted molar refractivity (Wildman–Crippen MR) is 259 cm³/mol. The third-order valence-corrected chi connectivity index (χ3v) is 22.3. The zero-order valence-corrected chi connectivity index (χ0v) is 42.7. The smallest absolute Gasteiger partial charge is 0.310 e. The number of aliphatic hydroxyl groups is 8. The van der Waals surface area contributed by atoms with Crippen LogP contribution in [-0.2, 0) is 19.1 Å². The lowest BCUT2D eigenvalue weighted by molar-refractivity contribution is -0.341.